The average Bonchev–Trinajstić information content (AvgIpc) is 2.70. The molecule has 10 nitrogen and oxygen atoms in total. The fraction of sp³-hybridized carbons (Fsp3) is 0.524. The Kier molecular flexibility index (Phi) is 11.0. The summed E-state index contributed by atoms with van der Waals surface area (Å²) in [7, 11) is 0. The number of ether oxygens (including phenoxy) is 1. The zero-order valence-corrected chi connectivity index (χ0v) is 17.0. The second-order valence-corrected chi connectivity index (χ2v) is 7.28. The summed E-state index contributed by atoms with van der Waals surface area (Å²) >= 11 is 0. The van der Waals surface area contributed by atoms with Gasteiger partial charge in [0.25, 0.3) is 0 Å². The maximum Gasteiger partial charge on any atom is 0.332 e. The molecule has 0 fully saturated rings. The Balaban J connectivity index is 2.46. The van der Waals surface area contributed by atoms with Gasteiger partial charge < -0.3 is 30.3 Å². The van der Waals surface area contributed by atoms with Crippen LogP contribution in [-0.4, -0.2) is 55.5 Å². The van der Waals surface area contributed by atoms with Gasteiger partial charge in [0.2, 0.25) is 0 Å². The fourth-order valence-electron chi connectivity index (χ4n) is 3.05. The molecule has 5 N–H and O–H groups in total. The van der Waals surface area contributed by atoms with Gasteiger partial charge >= 0.3 is 23.9 Å². The Bertz CT molecular complexity index is 760. The van der Waals surface area contributed by atoms with Crippen molar-refractivity contribution in [2.75, 3.05) is 0 Å². The molecule has 0 saturated carbocycles. The van der Waals surface area contributed by atoms with E-state index >= 15 is 0 Å². The van der Waals surface area contributed by atoms with Crippen LogP contribution in [0.5, 0.6) is 5.75 Å². The van der Waals surface area contributed by atoms with E-state index in [2.05, 4.69) is 0 Å². The predicted molar refractivity (Wildman–Crippen MR) is 106 cm³/mol. The number of aromatic hydroxyl groups is 1. The largest absolute Gasteiger partial charge is 0.508 e. The van der Waals surface area contributed by atoms with Gasteiger partial charge in [-0.25, -0.2) is 4.79 Å². The van der Waals surface area contributed by atoms with E-state index in [0.717, 1.165) is 0 Å². The van der Waals surface area contributed by atoms with Crippen molar-refractivity contribution in [3.05, 3.63) is 29.8 Å². The van der Waals surface area contributed by atoms with Crippen molar-refractivity contribution in [3.8, 4) is 5.75 Å². The van der Waals surface area contributed by atoms with Crippen LogP contribution in [0, 0.1) is 11.8 Å². The van der Waals surface area contributed by atoms with Crippen LogP contribution >= 0.6 is 0 Å². The normalized spacial score (nSPS) is 13.7. The van der Waals surface area contributed by atoms with E-state index in [9.17, 15) is 39.6 Å². The third-order valence-corrected chi connectivity index (χ3v) is 4.91. The van der Waals surface area contributed by atoms with Gasteiger partial charge in [-0.2, -0.15) is 0 Å². The molecule has 3 atom stereocenters. The summed E-state index contributed by atoms with van der Waals surface area (Å²) < 4.78 is 5.02. The number of carbonyl (C=O) groups excluding carboxylic acids is 1. The van der Waals surface area contributed by atoms with E-state index < -0.39 is 41.8 Å². The van der Waals surface area contributed by atoms with Gasteiger partial charge in [-0.15, -0.1) is 0 Å². The number of carboxylic acids is 3. The third kappa shape index (κ3) is 9.94. The number of aliphatic hydroxyl groups excluding tert-OH is 1. The topological polar surface area (TPSA) is 179 Å². The molecule has 0 bridgehead atoms. The number of carbonyl (C=O) groups is 4. The highest BCUT2D eigenvalue weighted by atomic mass is 16.5. The summed E-state index contributed by atoms with van der Waals surface area (Å²) in [6.07, 6.45) is -1.18. The number of aliphatic hydroxyl groups is 1. The number of hydrogen-bond acceptors (Lipinski definition) is 7. The quantitative estimate of drug-likeness (QED) is 0.253. The SMILES string of the molecule is O=C(CC(CCCC(CCC[C@H](O)C(=O)O)C(=O)O)C(=O)O)OCc1ccccc1O. The van der Waals surface area contributed by atoms with Gasteiger partial charge in [0.1, 0.15) is 12.4 Å². The molecule has 0 aromatic heterocycles. The molecule has 0 heterocycles. The molecule has 1 aromatic rings. The molecule has 172 valence electrons. The van der Waals surface area contributed by atoms with Gasteiger partial charge in [0.05, 0.1) is 18.3 Å². The molecule has 0 aliphatic heterocycles. The van der Waals surface area contributed by atoms with Crippen molar-refractivity contribution >= 4 is 23.9 Å². The van der Waals surface area contributed by atoms with E-state index in [4.69, 9.17) is 9.84 Å². The summed E-state index contributed by atoms with van der Waals surface area (Å²) in [5, 5.41) is 46.1. The van der Waals surface area contributed by atoms with Gasteiger partial charge in [-0.1, -0.05) is 24.6 Å². The Morgan fingerprint density at radius 3 is 1.90 bits per heavy atom. The highest BCUT2D eigenvalue weighted by Gasteiger charge is 2.24. The van der Waals surface area contributed by atoms with Crippen molar-refractivity contribution in [1.29, 1.82) is 0 Å². The maximum absolute atomic E-state index is 12.0. The molecule has 0 saturated heterocycles. The maximum atomic E-state index is 12.0. The Labute approximate surface area is 179 Å². The van der Waals surface area contributed by atoms with E-state index in [1.807, 2.05) is 0 Å². The number of aliphatic carboxylic acids is 3. The number of phenols is 1. The van der Waals surface area contributed by atoms with Crippen LogP contribution in [-0.2, 0) is 30.5 Å². The molecule has 1 aromatic carbocycles. The van der Waals surface area contributed by atoms with Crippen LogP contribution in [0.15, 0.2) is 24.3 Å². The minimum atomic E-state index is -1.55. The number of rotatable bonds is 15. The molecule has 0 aliphatic rings. The first-order valence-corrected chi connectivity index (χ1v) is 9.90. The Morgan fingerprint density at radius 1 is 0.806 bits per heavy atom. The first-order valence-electron chi connectivity index (χ1n) is 9.90. The molecular weight excluding hydrogens is 412 g/mol. The monoisotopic (exact) mass is 440 g/mol. The Morgan fingerprint density at radius 2 is 1.35 bits per heavy atom. The molecule has 31 heavy (non-hydrogen) atoms. The van der Waals surface area contributed by atoms with Gasteiger partial charge in [-0.3, -0.25) is 14.4 Å². The standard InChI is InChI=1S/C21H28O10/c22-16-9-2-1-5-15(16)12-31-18(24)11-14(20(27)28)8-3-6-13(19(25)26)7-4-10-17(23)21(29)30/h1-2,5,9,13-14,17,22-23H,3-4,6-8,10-12H2,(H,25,26)(H,27,28)(H,29,30)/t13?,14?,17-/m0/s1. The summed E-state index contributed by atoms with van der Waals surface area (Å²) in [4.78, 5) is 45.3. The highest BCUT2D eigenvalue weighted by Crippen LogP contribution is 2.22. The molecular formula is C21H28O10. The van der Waals surface area contributed by atoms with Crippen LogP contribution in [0.25, 0.3) is 0 Å². The lowest BCUT2D eigenvalue weighted by Gasteiger charge is -2.15. The molecule has 10 heteroatoms. The lowest BCUT2D eigenvalue weighted by molar-refractivity contribution is -0.152. The second-order valence-electron chi connectivity index (χ2n) is 7.28. The van der Waals surface area contributed by atoms with E-state index in [0.29, 0.717) is 5.56 Å². The molecule has 1 rings (SSSR count). The van der Waals surface area contributed by atoms with Gasteiger partial charge in [0, 0.05) is 5.56 Å². The van der Waals surface area contributed by atoms with Crippen molar-refractivity contribution in [2.24, 2.45) is 11.8 Å². The lowest BCUT2D eigenvalue weighted by atomic mass is 9.91. The van der Waals surface area contributed by atoms with Crippen molar-refractivity contribution in [1.82, 2.24) is 0 Å². The number of benzene rings is 1. The van der Waals surface area contributed by atoms with Crippen molar-refractivity contribution < 1.29 is 49.4 Å². The average molecular weight is 440 g/mol. The van der Waals surface area contributed by atoms with Gasteiger partial charge in [-0.05, 0) is 38.2 Å². The third-order valence-electron chi connectivity index (χ3n) is 4.91. The van der Waals surface area contributed by atoms with Crippen molar-refractivity contribution in [3.63, 3.8) is 0 Å². The van der Waals surface area contributed by atoms with Crippen LogP contribution in [0.3, 0.4) is 0 Å². The van der Waals surface area contributed by atoms with Crippen LogP contribution in [0.4, 0.5) is 0 Å². The summed E-state index contributed by atoms with van der Waals surface area (Å²) in [5.41, 5.74) is 0.389. The van der Waals surface area contributed by atoms with Gasteiger partial charge in [0.15, 0.2) is 6.10 Å². The molecule has 0 aliphatic carbocycles. The molecule has 0 amide bonds. The number of para-hydroxylation sites is 1. The first kappa shape index (κ1) is 25.9. The second kappa shape index (κ2) is 13.2. The summed E-state index contributed by atoms with van der Waals surface area (Å²) in [6.45, 7) is -0.193. The van der Waals surface area contributed by atoms with Crippen LogP contribution in [0.2, 0.25) is 0 Å². The number of hydrogen-bond donors (Lipinski definition) is 5. The predicted octanol–water partition coefficient (Wildman–Crippen LogP) is 2.01. The van der Waals surface area contributed by atoms with E-state index in [1.54, 1.807) is 18.2 Å². The zero-order chi connectivity index (χ0) is 23.4. The number of phenolic OH excluding ortho intramolecular Hbond substituents is 1. The number of carboxylic acid groups (broad SMARTS) is 3. The molecule has 0 spiro atoms. The molecule has 2 unspecified atom stereocenters. The Hall–Kier alpha value is -3.14. The smallest absolute Gasteiger partial charge is 0.332 e. The lowest BCUT2D eigenvalue weighted by Crippen LogP contribution is -2.21. The van der Waals surface area contributed by atoms with Crippen LogP contribution in [0.1, 0.15) is 50.5 Å². The zero-order valence-electron chi connectivity index (χ0n) is 17.0. The van der Waals surface area contributed by atoms with Crippen molar-refractivity contribution in [2.45, 2.75) is 57.7 Å². The number of esters is 1. The fourth-order valence-corrected chi connectivity index (χ4v) is 3.05. The first-order chi connectivity index (χ1) is 14.6. The summed E-state index contributed by atoms with van der Waals surface area (Å²) in [5.74, 6) is -6.28. The molecule has 0 radical (unpaired) electrons. The minimum absolute atomic E-state index is 0.0410. The highest BCUT2D eigenvalue weighted by molar-refractivity contribution is 5.78. The van der Waals surface area contributed by atoms with Crippen LogP contribution < -0.4 is 0 Å². The summed E-state index contributed by atoms with van der Waals surface area (Å²) in [6, 6.07) is 6.27. The van der Waals surface area contributed by atoms with E-state index in [-0.39, 0.29) is 57.3 Å². The minimum Gasteiger partial charge on any atom is -0.508 e. The van der Waals surface area contributed by atoms with E-state index in [1.165, 1.54) is 6.07 Å².